The molecule has 0 radical (unpaired) electrons. The van der Waals surface area contributed by atoms with Crippen LogP contribution in [0.3, 0.4) is 0 Å². The molecule has 0 saturated heterocycles. The van der Waals surface area contributed by atoms with E-state index in [2.05, 4.69) is 5.32 Å². The first kappa shape index (κ1) is 13.5. The van der Waals surface area contributed by atoms with E-state index in [0.717, 1.165) is 11.6 Å². The van der Waals surface area contributed by atoms with Crippen LogP contribution in [0.4, 0.5) is 8.78 Å². The van der Waals surface area contributed by atoms with E-state index in [-0.39, 0.29) is 17.6 Å². The second-order valence-electron chi connectivity index (χ2n) is 4.48. The maximum Gasteiger partial charge on any atom is 0.127 e. The zero-order valence-electron chi connectivity index (χ0n) is 10.5. The zero-order valence-corrected chi connectivity index (χ0v) is 10.5. The minimum absolute atomic E-state index is 0.0684. The zero-order chi connectivity index (χ0) is 13.8. The van der Waals surface area contributed by atoms with Gasteiger partial charge in [-0.3, -0.25) is 0 Å². The summed E-state index contributed by atoms with van der Waals surface area (Å²) in [5.41, 5.74) is 1.46. The quantitative estimate of drug-likeness (QED) is 0.884. The average molecular weight is 263 g/mol. The first-order valence-corrected chi connectivity index (χ1v) is 6.02. The lowest BCUT2D eigenvalue weighted by Crippen LogP contribution is -2.18. The van der Waals surface area contributed by atoms with E-state index in [9.17, 15) is 13.9 Å². The lowest BCUT2D eigenvalue weighted by molar-refractivity contribution is 0.466. The third-order valence-corrected chi connectivity index (χ3v) is 2.90. The van der Waals surface area contributed by atoms with Crippen LogP contribution in [0.2, 0.25) is 0 Å². The summed E-state index contributed by atoms with van der Waals surface area (Å²) in [5, 5.41) is 12.4. The van der Waals surface area contributed by atoms with E-state index >= 15 is 0 Å². The number of hydrogen-bond acceptors (Lipinski definition) is 2. The smallest absolute Gasteiger partial charge is 0.127 e. The number of aromatic hydroxyl groups is 1. The Hall–Kier alpha value is -1.94. The fourth-order valence-electron chi connectivity index (χ4n) is 1.90. The summed E-state index contributed by atoms with van der Waals surface area (Å²) >= 11 is 0. The average Bonchev–Trinajstić information content (AvgIpc) is 2.35. The molecule has 0 aliphatic carbocycles. The van der Waals surface area contributed by atoms with Crippen molar-refractivity contribution in [1.82, 2.24) is 5.32 Å². The lowest BCUT2D eigenvalue weighted by atomic mass is 10.1. The molecule has 0 saturated carbocycles. The first-order chi connectivity index (χ1) is 9.04. The number of phenols is 1. The van der Waals surface area contributed by atoms with Crippen LogP contribution in [0.15, 0.2) is 42.5 Å². The molecule has 0 heterocycles. The largest absolute Gasteiger partial charge is 0.508 e. The van der Waals surface area contributed by atoms with E-state index < -0.39 is 5.82 Å². The van der Waals surface area contributed by atoms with Crippen molar-refractivity contribution >= 4 is 0 Å². The number of rotatable bonds is 4. The molecule has 0 fully saturated rings. The van der Waals surface area contributed by atoms with Crippen LogP contribution in [0, 0.1) is 11.6 Å². The molecule has 19 heavy (non-hydrogen) atoms. The van der Waals surface area contributed by atoms with Gasteiger partial charge in [0, 0.05) is 18.7 Å². The van der Waals surface area contributed by atoms with Crippen molar-refractivity contribution in [2.75, 3.05) is 0 Å². The molecule has 2 nitrogen and oxygen atoms in total. The summed E-state index contributed by atoms with van der Waals surface area (Å²) in [4.78, 5) is 0. The Morgan fingerprint density at radius 1 is 1.11 bits per heavy atom. The van der Waals surface area contributed by atoms with Gasteiger partial charge in [0.1, 0.15) is 17.4 Å². The van der Waals surface area contributed by atoms with Gasteiger partial charge < -0.3 is 10.4 Å². The Bertz CT molecular complexity index is 552. The van der Waals surface area contributed by atoms with Crippen molar-refractivity contribution in [3.8, 4) is 5.75 Å². The van der Waals surface area contributed by atoms with E-state index in [1.165, 1.54) is 24.3 Å². The Morgan fingerprint density at radius 2 is 1.89 bits per heavy atom. The van der Waals surface area contributed by atoms with Gasteiger partial charge in [-0.25, -0.2) is 8.78 Å². The highest BCUT2D eigenvalue weighted by molar-refractivity contribution is 5.28. The summed E-state index contributed by atoms with van der Waals surface area (Å²) in [6, 6.07) is 10.2. The molecular weight excluding hydrogens is 248 g/mol. The number of benzene rings is 2. The fourth-order valence-corrected chi connectivity index (χ4v) is 1.90. The van der Waals surface area contributed by atoms with Gasteiger partial charge in [0.25, 0.3) is 0 Å². The molecule has 2 aromatic rings. The molecule has 4 heteroatoms. The second kappa shape index (κ2) is 5.80. The third-order valence-electron chi connectivity index (χ3n) is 2.90. The Morgan fingerprint density at radius 3 is 2.58 bits per heavy atom. The van der Waals surface area contributed by atoms with Crippen molar-refractivity contribution in [2.24, 2.45) is 0 Å². The van der Waals surface area contributed by atoms with Crippen molar-refractivity contribution in [3.05, 3.63) is 65.2 Å². The molecule has 100 valence electrons. The highest BCUT2D eigenvalue weighted by Gasteiger charge is 2.06. The molecule has 2 rings (SSSR count). The summed E-state index contributed by atoms with van der Waals surface area (Å²) in [5.74, 6) is -0.861. The number of halogens is 2. The molecule has 0 amide bonds. The highest BCUT2D eigenvalue weighted by Crippen LogP contribution is 2.17. The minimum atomic E-state index is -0.477. The molecule has 0 spiro atoms. The highest BCUT2D eigenvalue weighted by atomic mass is 19.1. The maximum absolute atomic E-state index is 13.1. The summed E-state index contributed by atoms with van der Waals surface area (Å²) in [7, 11) is 0. The molecule has 1 atom stereocenters. The van der Waals surface area contributed by atoms with Crippen LogP contribution in [0.1, 0.15) is 24.1 Å². The topological polar surface area (TPSA) is 32.3 Å². The van der Waals surface area contributed by atoms with Crippen LogP contribution < -0.4 is 5.32 Å². The van der Waals surface area contributed by atoms with Gasteiger partial charge in [-0.1, -0.05) is 12.1 Å². The molecule has 2 aromatic carbocycles. The summed E-state index contributed by atoms with van der Waals surface area (Å²) in [6.45, 7) is 2.29. The number of phenolic OH excluding ortho intramolecular Hbond substituents is 1. The van der Waals surface area contributed by atoms with Gasteiger partial charge in [0.2, 0.25) is 0 Å². The van der Waals surface area contributed by atoms with E-state index in [1.807, 2.05) is 13.0 Å². The summed E-state index contributed by atoms with van der Waals surface area (Å²) in [6.07, 6.45) is 0. The molecule has 0 unspecified atom stereocenters. The van der Waals surface area contributed by atoms with Gasteiger partial charge in [-0.05, 0) is 42.3 Å². The standard InChI is InChI=1S/C15H15F2NO/c1-10(12-3-2-4-13(16)7-12)18-9-11-5-14(17)8-15(19)6-11/h2-8,10,18-19H,9H2,1H3/t10-/m1/s1. The SMILES string of the molecule is C[C@@H](NCc1cc(O)cc(F)c1)c1cccc(F)c1. The molecule has 0 aliphatic rings. The lowest BCUT2D eigenvalue weighted by Gasteiger charge is -2.14. The fraction of sp³-hybridized carbons (Fsp3) is 0.200. The van der Waals surface area contributed by atoms with Crippen molar-refractivity contribution in [1.29, 1.82) is 0 Å². The Balaban J connectivity index is 2.02. The number of nitrogens with one attached hydrogen (secondary N) is 1. The van der Waals surface area contributed by atoms with Crippen molar-refractivity contribution < 1.29 is 13.9 Å². The predicted molar refractivity (Wildman–Crippen MR) is 69.7 cm³/mol. The van der Waals surface area contributed by atoms with Gasteiger partial charge in [0.15, 0.2) is 0 Å². The molecule has 0 bridgehead atoms. The van der Waals surface area contributed by atoms with Crippen LogP contribution in [0.5, 0.6) is 5.75 Å². The first-order valence-electron chi connectivity index (χ1n) is 6.02. The third kappa shape index (κ3) is 3.76. The van der Waals surface area contributed by atoms with Crippen molar-refractivity contribution in [2.45, 2.75) is 19.5 Å². The van der Waals surface area contributed by atoms with Crippen LogP contribution in [-0.2, 0) is 6.54 Å². The molecule has 2 N–H and O–H groups in total. The molecular formula is C15H15F2NO. The van der Waals surface area contributed by atoms with Crippen LogP contribution in [-0.4, -0.2) is 5.11 Å². The van der Waals surface area contributed by atoms with Gasteiger partial charge in [-0.2, -0.15) is 0 Å². The van der Waals surface area contributed by atoms with E-state index in [4.69, 9.17) is 0 Å². The molecule has 0 aromatic heterocycles. The van der Waals surface area contributed by atoms with E-state index in [1.54, 1.807) is 6.07 Å². The van der Waals surface area contributed by atoms with E-state index in [0.29, 0.717) is 12.1 Å². The normalized spacial score (nSPS) is 12.4. The van der Waals surface area contributed by atoms with Gasteiger partial charge in [-0.15, -0.1) is 0 Å². The van der Waals surface area contributed by atoms with Crippen LogP contribution in [0.25, 0.3) is 0 Å². The summed E-state index contributed by atoms with van der Waals surface area (Å²) < 4.78 is 26.2. The van der Waals surface area contributed by atoms with Gasteiger partial charge in [0.05, 0.1) is 0 Å². The van der Waals surface area contributed by atoms with Crippen LogP contribution >= 0.6 is 0 Å². The Labute approximate surface area is 110 Å². The van der Waals surface area contributed by atoms with Crippen molar-refractivity contribution in [3.63, 3.8) is 0 Å². The predicted octanol–water partition coefficient (Wildman–Crippen LogP) is 3.52. The number of hydrogen-bond donors (Lipinski definition) is 2. The molecule has 0 aliphatic heterocycles. The monoisotopic (exact) mass is 263 g/mol. The second-order valence-corrected chi connectivity index (χ2v) is 4.48. The Kier molecular flexibility index (Phi) is 4.12. The maximum atomic E-state index is 13.1. The minimum Gasteiger partial charge on any atom is -0.508 e. The van der Waals surface area contributed by atoms with Gasteiger partial charge >= 0.3 is 0 Å².